The van der Waals surface area contributed by atoms with E-state index in [1.807, 2.05) is 0 Å². The van der Waals surface area contributed by atoms with Gasteiger partial charge < -0.3 is 10.4 Å². The van der Waals surface area contributed by atoms with Gasteiger partial charge >= 0.3 is 6.18 Å². The first-order valence-electron chi connectivity index (χ1n) is 6.53. The van der Waals surface area contributed by atoms with Gasteiger partial charge in [-0.25, -0.2) is 0 Å². The Morgan fingerprint density at radius 3 is 2.53 bits per heavy atom. The van der Waals surface area contributed by atoms with Gasteiger partial charge in [0.25, 0.3) is 0 Å². The van der Waals surface area contributed by atoms with Crippen LogP contribution in [-0.4, -0.2) is 17.3 Å². The first-order chi connectivity index (χ1) is 8.89. The van der Waals surface area contributed by atoms with Crippen LogP contribution in [-0.2, 0) is 11.7 Å². The van der Waals surface area contributed by atoms with Gasteiger partial charge in [-0.2, -0.15) is 13.2 Å². The van der Waals surface area contributed by atoms with Gasteiger partial charge in [-0.15, -0.1) is 0 Å². The van der Waals surface area contributed by atoms with E-state index in [0.29, 0.717) is 6.42 Å². The Kier molecular flexibility index (Phi) is 2.87. The standard InChI is InChI=1S/C14H16F3NO/c15-14(16,17)10-3-1-9(2-4-10)13-6-5-11(18-13)7-12(19)8-13/h1-4,11-12,18-19H,5-8H2. The Morgan fingerprint density at radius 1 is 1.21 bits per heavy atom. The molecule has 0 spiro atoms. The summed E-state index contributed by atoms with van der Waals surface area (Å²) in [5.41, 5.74) is -0.118. The molecule has 0 aromatic heterocycles. The predicted molar refractivity (Wildman–Crippen MR) is 64.5 cm³/mol. The second kappa shape index (κ2) is 4.21. The van der Waals surface area contributed by atoms with Gasteiger partial charge in [0.2, 0.25) is 0 Å². The van der Waals surface area contributed by atoms with Crippen LogP contribution in [0.5, 0.6) is 0 Å². The molecule has 2 aliphatic rings. The lowest BCUT2D eigenvalue weighted by Gasteiger charge is -2.38. The molecule has 0 aliphatic carbocycles. The van der Waals surface area contributed by atoms with Crippen LogP contribution in [0.4, 0.5) is 13.2 Å². The number of rotatable bonds is 1. The zero-order valence-corrected chi connectivity index (χ0v) is 10.4. The molecular weight excluding hydrogens is 255 g/mol. The molecule has 2 aliphatic heterocycles. The highest BCUT2D eigenvalue weighted by atomic mass is 19.4. The number of fused-ring (bicyclic) bond motifs is 2. The van der Waals surface area contributed by atoms with Gasteiger partial charge in [0.15, 0.2) is 0 Å². The monoisotopic (exact) mass is 271 g/mol. The van der Waals surface area contributed by atoms with Crippen LogP contribution in [0.25, 0.3) is 0 Å². The summed E-state index contributed by atoms with van der Waals surface area (Å²) in [5, 5.41) is 13.3. The van der Waals surface area contributed by atoms with E-state index in [9.17, 15) is 18.3 Å². The van der Waals surface area contributed by atoms with Crippen molar-refractivity contribution in [1.29, 1.82) is 0 Å². The van der Waals surface area contributed by atoms with E-state index in [0.717, 1.165) is 37.0 Å². The number of nitrogens with one attached hydrogen (secondary N) is 1. The van der Waals surface area contributed by atoms with Gasteiger partial charge in [0.1, 0.15) is 0 Å². The molecule has 3 atom stereocenters. The lowest BCUT2D eigenvalue weighted by atomic mass is 9.82. The highest BCUT2D eigenvalue weighted by Crippen LogP contribution is 2.43. The van der Waals surface area contributed by atoms with Crippen molar-refractivity contribution in [2.75, 3.05) is 0 Å². The Labute approximate surface area is 109 Å². The largest absolute Gasteiger partial charge is 0.416 e. The second-order valence-electron chi connectivity index (χ2n) is 5.63. The molecule has 2 fully saturated rings. The van der Waals surface area contributed by atoms with Crippen molar-refractivity contribution in [2.24, 2.45) is 0 Å². The maximum absolute atomic E-state index is 12.6. The molecule has 3 unspecified atom stereocenters. The molecular formula is C14H16F3NO. The van der Waals surface area contributed by atoms with E-state index in [-0.39, 0.29) is 17.7 Å². The summed E-state index contributed by atoms with van der Waals surface area (Å²) in [6, 6.07) is 5.61. The highest BCUT2D eigenvalue weighted by molar-refractivity contribution is 5.32. The number of halogens is 3. The molecule has 0 amide bonds. The lowest BCUT2D eigenvalue weighted by molar-refractivity contribution is -0.137. The summed E-state index contributed by atoms with van der Waals surface area (Å²) in [4.78, 5) is 0. The van der Waals surface area contributed by atoms with Crippen LogP contribution in [0.3, 0.4) is 0 Å². The summed E-state index contributed by atoms with van der Waals surface area (Å²) in [7, 11) is 0. The van der Waals surface area contributed by atoms with Crippen LogP contribution in [0, 0.1) is 0 Å². The number of aliphatic hydroxyl groups is 1. The maximum Gasteiger partial charge on any atom is 0.416 e. The van der Waals surface area contributed by atoms with Gasteiger partial charge in [0, 0.05) is 11.6 Å². The molecule has 104 valence electrons. The van der Waals surface area contributed by atoms with Crippen molar-refractivity contribution >= 4 is 0 Å². The zero-order chi connectivity index (χ0) is 13.7. The van der Waals surface area contributed by atoms with Crippen molar-refractivity contribution in [3.8, 4) is 0 Å². The van der Waals surface area contributed by atoms with Crippen molar-refractivity contribution in [1.82, 2.24) is 5.32 Å². The van der Waals surface area contributed by atoms with Gasteiger partial charge in [-0.05, 0) is 43.4 Å². The van der Waals surface area contributed by atoms with Gasteiger partial charge in [-0.1, -0.05) is 12.1 Å². The Balaban J connectivity index is 1.90. The number of alkyl halides is 3. The molecule has 2 bridgehead atoms. The maximum atomic E-state index is 12.6. The van der Waals surface area contributed by atoms with Gasteiger partial charge in [-0.3, -0.25) is 0 Å². The summed E-state index contributed by atoms with van der Waals surface area (Å²) >= 11 is 0. The molecule has 2 N–H and O–H groups in total. The second-order valence-corrected chi connectivity index (χ2v) is 5.63. The van der Waals surface area contributed by atoms with E-state index in [2.05, 4.69) is 5.32 Å². The lowest BCUT2D eigenvalue weighted by Crippen LogP contribution is -2.48. The first kappa shape index (κ1) is 12.9. The summed E-state index contributed by atoms with van der Waals surface area (Å²) in [5.74, 6) is 0. The van der Waals surface area contributed by atoms with E-state index >= 15 is 0 Å². The third kappa shape index (κ3) is 2.25. The molecule has 2 saturated heterocycles. The average molecular weight is 271 g/mol. The Hall–Kier alpha value is -1.07. The predicted octanol–water partition coefficient (Wildman–Crippen LogP) is 2.81. The van der Waals surface area contributed by atoms with Crippen LogP contribution in [0.1, 0.15) is 36.8 Å². The van der Waals surface area contributed by atoms with Gasteiger partial charge in [0.05, 0.1) is 11.7 Å². The molecule has 19 heavy (non-hydrogen) atoms. The number of benzene rings is 1. The average Bonchev–Trinajstić information content (AvgIpc) is 2.65. The number of hydrogen-bond acceptors (Lipinski definition) is 2. The highest BCUT2D eigenvalue weighted by Gasteiger charge is 2.46. The van der Waals surface area contributed by atoms with Crippen LogP contribution < -0.4 is 5.32 Å². The Bertz CT molecular complexity index is 471. The molecule has 1 aromatic rings. The number of piperidine rings is 1. The minimum absolute atomic E-state index is 0.283. The molecule has 1 aromatic carbocycles. The third-order valence-corrected chi connectivity index (χ3v) is 4.31. The molecule has 0 radical (unpaired) electrons. The fourth-order valence-electron chi connectivity index (χ4n) is 3.43. The van der Waals surface area contributed by atoms with Crippen molar-refractivity contribution < 1.29 is 18.3 Å². The first-order valence-corrected chi connectivity index (χ1v) is 6.53. The topological polar surface area (TPSA) is 32.3 Å². The van der Waals surface area contributed by atoms with Crippen molar-refractivity contribution in [3.63, 3.8) is 0 Å². The number of hydrogen-bond donors (Lipinski definition) is 2. The van der Waals surface area contributed by atoms with E-state index in [4.69, 9.17) is 0 Å². The van der Waals surface area contributed by atoms with Crippen LogP contribution >= 0.6 is 0 Å². The van der Waals surface area contributed by atoms with E-state index in [1.54, 1.807) is 0 Å². The zero-order valence-electron chi connectivity index (χ0n) is 10.4. The molecule has 2 heterocycles. The number of aliphatic hydroxyl groups excluding tert-OH is 1. The van der Waals surface area contributed by atoms with Crippen molar-refractivity contribution in [2.45, 2.75) is 49.5 Å². The quantitative estimate of drug-likeness (QED) is 0.823. The fraction of sp³-hybridized carbons (Fsp3) is 0.571. The smallest absolute Gasteiger partial charge is 0.393 e. The van der Waals surface area contributed by atoms with E-state index < -0.39 is 11.7 Å². The fourth-order valence-corrected chi connectivity index (χ4v) is 3.43. The summed E-state index contributed by atoms with van der Waals surface area (Å²) in [6.45, 7) is 0. The Morgan fingerprint density at radius 2 is 1.89 bits per heavy atom. The summed E-state index contributed by atoms with van der Waals surface area (Å²) in [6.07, 6.45) is -1.50. The molecule has 2 nitrogen and oxygen atoms in total. The minimum atomic E-state index is -4.30. The van der Waals surface area contributed by atoms with E-state index in [1.165, 1.54) is 12.1 Å². The minimum Gasteiger partial charge on any atom is -0.393 e. The molecule has 0 saturated carbocycles. The van der Waals surface area contributed by atoms with Crippen LogP contribution in [0.2, 0.25) is 0 Å². The van der Waals surface area contributed by atoms with Crippen LogP contribution in [0.15, 0.2) is 24.3 Å². The third-order valence-electron chi connectivity index (χ3n) is 4.31. The summed E-state index contributed by atoms with van der Waals surface area (Å²) < 4.78 is 37.7. The molecule has 5 heteroatoms. The van der Waals surface area contributed by atoms with Crippen molar-refractivity contribution in [3.05, 3.63) is 35.4 Å². The SMILES string of the molecule is OC1CC2CCC(c3ccc(C(F)(F)F)cc3)(C1)N2. The molecule has 3 rings (SSSR count). The normalized spacial score (nSPS) is 34.5.